The van der Waals surface area contributed by atoms with Crippen LogP contribution in [-0.2, 0) is 30.4 Å². The Hall–Kier alpha value is -3.51. The molecule has 194 valence electrons. The van der Waals surface area contributed by atoms with Crippen LogP contribution in [0.25, 0.3) is 0 Å². The van der Waals surface area contributed by atoms with E-state index in [2.05, 4.69) is 16.0 Å². The van der Waals surface area contributed by atoms with Crippen molar-refractivity contribution >= 4 is 29.5 Å². The van der Waals surface area contributed by atoms with Crippen LogP contribution in [0.1, 0.15) is 39.2 Å². The molecule has 0 heterocycles. The normalized spacial score (nSPS) is 15.3. The third-order valence-corrected chi connectivity index (χ3v) is 5.14. The van der Waals surface area contributed by atoms with E-state index in [1.54, 1.807) is 30.3 Å². The van der Waals surface area contributed by atoms with Crippen LogP contribution < -0.4 is 33.2 Å². The van der Waals surface area contributed by atoms with Crippen molar-refractivity contribution in [1.29, 1.82) is 0 Å². The molecule has 12 nitrogen and oxygen atoms in total. The van der Waals surface area contributed by atoms with E-state index in [1.165, 1.54) is 6.92 Å². The van der Waals surface area contributed by atoms with Crippen LogP contribution in [0.4, 0.5) is 0 Å². The minimum Gasteiger partial charge on any atom is -0.391 e. The van der Waals surface area contributed by atoms with Gasteiger partial charge < -0.3 is 38.3 Å². The van der Waals surface area contributed by atoms with Crippen LogP contribution in [0, 0.1) is 5.92 Å². The van der Waals surface area contributed by atoms with Gasteiger partial charge in [0.2, 0.25) is 29.5 Å². The topological polar surface area (TPSA) is 220 Å². The number of hydrogen-bond acceptors (Lipinski definition) is 7. The Balaban J connectivity index is 3.02. The molecule has 1 rings (SSSR count). The summed E-state index contributed by atoms with van der Waals surface area (Å²) in [6.07, 6.45) is -1.42. The lowest BCUT2D eigenvalue weighted by Gasteiger charge is -2.26. The molecule has 12 heteroatoms. The lowest BCUT2D eigenvalue weighted by atomic mass is 10.0. The van der Waals surface area contributed by atoms with Crippen LogP contribution in [0.15, 0.2) is 30.3 Å². The first-order valence-corrected chi connectivity index (χ1v) is 11.3. The van der Waals surface area contributed by atoms with Gasteiger partial charge in [0.15, 0.2) is 0 Å². The first-order valence-electron chi connectivity index (χ1n) is 11.3. The summed E-state index contributed by atoms with van der Waals surface area (Å²) in [6, 6.07) is 3.92. The molecule has 0 bridgehead atoms. The van der Waals surface area contributed by atoms with E-state index in [0.29, 0.717) is 0 Å². The van der Waals surface area contributed by atoms with Crippen molar-refractivity contribution in [2.75, 3.05) is 0 Å². The number of rotatable bonds is 14. The van der Waals surface area contributed by atoms with Gasteiger partial charge in [-0.2, -0.15) is 0 Å². The van der Waals surface area contributed by atoms with Gasteiger partial charge >= 0.3 is 0 Å². The van der Waals surface area contributed by atoms with Crippen molar-refractivity contribution < 1.29 is 29.1 Å². The summed E-state index contributed by atoms with van der Waals surface area (Å²) in [6.45, 7) is 4.96. The van der Waals surface area contributed by atoms with Crippen molar-refractivity contribution in [2.24, 2.45) is 23.1 Å². The van der Waals surface area contributed by atoms with Gasteiger partial charge in [0.05, 0.1) is 12.5 Å². The number of aliphatic hydroxyl groups excluding tert-OH is 1. The molecule has 0 aliphatic carbocycles. The van der Waals surface area contributed by atoms with E-state index in [0.717, 1.165) is 5.56 Å². The molecule has 0 spiro atoms. The maximum absolute atomic E-state index is 13.0. The van der Waals surface area contributed by atoms with Crippen molar-refractivity contribution in [3.63, 3.8) is 0 Å². The Morgan fingerprint density at radius 2 is 1.34 bits per heavy atom. The lowest BCUT2D eigenvalue weighted by Crippen LogP contribution is -2.59. The molecule has 0 aromatic heterocycles. The third kappa shape index (κ3) is 10.5. The largest absolute Gasteiger partial charge is 0.391 e. The Kier molecular flexibility index (Phi) is 11.8. The molecule has 1 aromatic carbocycles. The lowest BCUT2D eigenvalue weighted by molar-refractivity contribution is -0.135. The van der Waals surface area contributed by atoms with Crippen molar-refractivity contribution in [2.45, 2.75) is 70.3 Å². The van der Waals surface area contributed by atoms with Gasteiger partial charge in [0.1, 0.15) is 24.2 Å². The van der Waals surface area contributed by atoms with Gasteiger partial charge in [0.25, 0.3) is 0 Å². The standard InChI is InChI=1S/C23H36N6O6/c1-12(2)9-16(29-23(35)19(25)13(3)30)21(33)28-17(11-18(24)31)22(34)27-15(20(26)32)10-14-7-5-4-6-8-14/h4-8,12-13,15-17,19,30H,9-11,25H2,1-3H3,(H2,24,31)(H2,26,32)(H,27,34)(H,28,33)(H,29,35)/t13-,15+,16+,17+,19+/m1/s1. The highest BCUT2D eigenvalue weighted by Gasteiger charge is 2.31. The zero-order chi connectivity index (χ0) is 26.7. The summed E-state index contributed by atoms with van der Waals surface area (Å²) in [7, 11) is 0. The fourth-order valence-electron chi connectivity index (χ4n) is 3.22. The fourth-order valence-corrected chi connectivity index (χ4v) is 3.22. The second-order valence-corrected chi connectivity index (χ2v) is 8.84. The summed E-state index contributed by atoms with van der Waals surface area (Å²) < 4.78 is 0. The zero-order valence-electron chi connectivity index (χ0n) is 20.2. The van der Waals surface area contributed by atoms with Crippen molar-refractivity contribution in [1.82, 2.24) is 16.0 Å². The Morgan fingerprint density at radius 1 is 0.829 bits per heavy atom. The molecule has 0 radical (unpaired) electrons. The molecule has 10 N–H and O–H groups in total. The van der Waals surface area contributed by atoms with Crippen molar-refractivity contribution in [3.05, 3.63) is 35.9 Å². The minimum atomic E-state index is -1.42. The maximum Gasteiger partial charge on any atom is 0.243 e. The Labute approximate surface area is 204 Å². The number of benzene rings is 1. The quantitative estimate of drug-likeness (QED) is 0.152. The average molecular weight is 493 g/mol. The van der Waals surface area contributed by atoms with Crippen LogP contribution in [0.5, 0.6) is 0 Å². The van der Waals surface area contributed by atoms with E-state index >= 15 is 0 Å². The Morgan fingerprint density at radius 3 is 1.83 bits per heavy atom. The number of nitrogens with two attached hydrogens (primary N) is 3. The highest BCUT2D eigenvalue weighted by Crippen LogP contribution is 2.08. The molecule has 5 atom stereocenters. The van der Waals surface area contributed by atoms with E-state index in [9.17, 15) is 29.1 Å². The second kappa shape index (κ2) is 14.0. The number of nitrogens with one attached hydrogen (secondary N) is 3. The van der Waals surface area contributed by atoms with E-state index in [1.807, 2.05) is 13.8 Å². The predicted octanol–water partition coefficient (Wildman–Crippen LogP) is -2.20. The summed E-state index contributed by atoms with van der Waals surface area (Å²) in [5, 5.41) is 16.9. The summed E-state index contributed by atoms with van der Waals surface area (Å²) in [5.74, 6) is -4.07. The average Bonchev–Trinajstić information content (AvgIpc) is 2.76. The number of aliphatic hydroxyl groups is 1. The molecule has 0 unspecified atom stereocenters. The molecule has 35 heavy (non-hydrogen) atoms. The van der Waals surface area contributed by atoms with E-state index in [4.69, 9.17) is 17.2 Å². The number of hydrogen-bond donors (Lipinski definition) is 7. The summed E-state index contributed by atoms with van der Waals surface area (Å²) in [5.41, 5.74) is 17.1. The molecule has 0 saturated carbocycles. The number of amides is 5. The van der Waals surface area contributed by atoms with Gasteiger partial charge in [-0.15, -0.1) is 0 Å². The highest BCUT2D eigenvalue weighted by molar-refractivity contribution is 5.96. The van der Waals surface area contributed by atoms with E-state index < -0.39 is 66.2 Å². The summed E-state index contributed by atoms with van der Waals surface area (Å²) >= 11 is 0. The minimum absolute atomic E-state index is 0.0395. The first kappa shape index (κ1) is 29.5. The number of carbonyl (C=O) groups excluding carboxylic acids is 5. The molecule has 0 saturated heterocycles. The highest BCUT2D eigenvalue weighted by atomic mass is 16.3. The predicted molar refractivity (Wildman–Crippen MR) is 128 cm³/mol. The number of primary amides is 2. The van der Waals surface area contributed by atoms with Crippen molar-refractivity contribution in [3.8, 4) is 0 Å². The SMILES string of the molecule is CC(C)C[C@H](NC(=O)[C@@H](N)[C@@H](C)O)C(=O)N[C@@H](CC(N)=O)C(=O)N[C@@H](Cc1ccccc1)C(N)=O. The van der Waals surface area contributed by atoms with Gasteiger partial charge in [-0.05, 0) is 24.8 Å². The van der Waals surface area contributed by atoms with Crippen LogP contribution in [-0.4, -0.2) is 64.9 Å². The van der Waals surface area contributed by atoms with E-state index in [-0.39, 0.29) is 18.8 Å². The molecule has 5 amide bonds. The molecule has 0 fully saturated rings. The van der Waals surface area contributed by atoms with Gasteiger partial charge in [-0.25, -0.2) is 0 Å². The monoisotopic (exact) mass is 492 g/mol. The van der Waals surface area contributed by atoms with Crippen LogP contribution in [0.3, 0.4) is 0 Å². The van der Waals surface area contributed by atoms with Gasteiger partial charge in [-0.1, -0.05) is 44.2 Å². The smallest absolute Gasteiger partial charge is 0.243 e. The molecule has 1 aromatic rings. The Bertz CT molecular complexity index is 892. The molecular formula is C23H36N6O6. The van der Waals surface area contributed by atoms with Crippen LogP contribution in [0.2, 0.25) is 0 Å². The molecule has 0 aliphatic heterocycles. The number of carbonyl (C=O) groups is 5. The second-order valence-electron chi connectivity index (χ2n) is 8.84. The van der Waals surface area contributed by atoms with Gasteiger partial charge in [0, 0.05) is 6.42 Å². The first-order chi connectivity index (χ1) is 16.3. The van der Waals surface area contributed by atoms with Crippen LogP contribution >= 0.6 is 0 Å². The molecular weight excluding hydrogens is 456 g/mol. The summed E-state index contributed by atoms with van der Waals surface area (Å²) in [4.78, 5) is 61.7. The third-order valence-electron chi connectivity index (χ3n) is 5.14. The molecule has 0 aliphatic rings. The maximum atomic E-state index is 13.0. The van der Waals surface area contributed by atoms with Gasteiger partial charge in [-0.3, -0.25) is 24.0 Å². The fraction of sp³-hybridized carbons (Fsp3) is 0.522. The zero-order valence-corrected chi connectivity index (χ0v) is 20.2.